The topological polar surface area (TPSA) is 9.23 Å². The molecule has 0 aliphatic carbocycles. The average Bonchev–Trinajstić information content (AvgIpc) is 2.36. The lowest BCUT2D eigenvalue weighted by molar-refractivity contribution is 0.442. The molecule has 0 saturated carbocycles. The van der Waals surface area contributed by atoms with Crippen LogP contribution in [0.4, 0.5) is 4.39 Å². The molecule has 2 rings (SSSR count). The van der Waals surface area contributed by atoms with E-state index < -0.39 is 5.82 Å². The van der Waals surface area contributed by atoms with E-state index in [4.69, 9.17) is 27.9 Å². The third-order valence-corrected chi connectivity index (χ3v) is 3.46. The van der Waals surface area contributed by atoms with Gasteiger partial charge in [0.05, 0.1) is 5.02 Å². The monoisotopic (exact) mass is 348 g/mol. The van der Waals surface area contributed by atoms with Gasteiger partial charge in [-0.3, -0.25) is 0 Å². The van der Waals surface area contributed by atoms with Gasteiger partial charge in [-0.2, -0.15) is 0 Å². The Balaban J connectivity index is 2.31. The largest absolute Gasteiger partial charge is 0.453 e. The van der Waals surface area contributed by atoms with Gasteiger partial charge in [0, 0.05) is 16.4 Å². The molecule has 2 aromatic rings. The summed E-state index contributed by atoms with van der Waals surface area (Å²) in [4.78, 5) is 0. The molecule has 0 unspecified atom stereocenters. The van der Waals surface area contributed by atoms with Crippen LogP contribution in [0.2, 0.25) is 10.0 Å². The lowest BCUT2D eigenvalue weighted by atomic mass is 10.2. The van der Waals surface area contributed by atoms with E-state index >= 15 is 0 Å². The van der Waals surface area contributed by atoms with E-state index in [1.54, 1.807) is 30.3 Å². The van der Waals surface area contributed by atoms with Crippen molar-refractivity contribution in [2.45, 2.75) is 5.33 Å². The van der Waals surface area contributed by atoms with Crippen LogP contribution in [-0.2, 0) is 5.33 Å². The molecule has 0 atom stereocenters. The summed E-state index contributed by atoms with van der Waals surface area (Å²) in [6.07, 6.45) is 0. The van der Waals surface area contributed by atoms with Crippen molar-refractivity contribution in [3.05, 3.63) is 57.8 Å². The maximum atomic E-state index is 13.7. The van der Waals surface area contributed by atoms with Gasteiger partial charge in [-0.25, -0.2) is 4.39 Å². The summed E-state index contributed by atoms with van der Waals surface area (Å²) >= 11 is 15.0. The van der Waals surface area contributed by atoms with Gasteiger partial charge < -0.3 is 4.74 Å². The minimum Gasteiger partial charge on any atom is -0.453 e. The molecule has 18 heavy (non-hydrogen) atoms. The molecule has 0 amide bonds. The average molecular weight is 350 g/mol. The van der Waals surface area contributed by atoms with Crippen molar-refractivity contribution in [2.24, 2.45) is 0 Å². The van der Waals surface area contributed by atoms with E-state index in [0.29, 0.717) is 21.1 Å². The molecule has 94 valence electrons. The summed E-state index contributed by atoms with van der Waals surface area (Å²) in [6.45, 7) is 0. The Bertz CT molecular complexity index is 575. The molecule has 0 radical (unpaired) electrons. The Morgan fingerprint density at radius 1 is 1.06 bits per heavy atom. The summed E-state index contributed by atoms with van der Waals surface area (Å²) in [5.74, 6) is 0.00141. The molecule has 0 N–H and O–H groups in total. The Morgan fingerprint density at radius 3 is 2.50 bits per heavy atom. The lowest BCUT2D eigenvalue weighted by Crippen LogP contribution is -1.90. The predicted octanol–water partition coefficient (Wildman–Crippen LogP) is 5.82. The normalized spacial score (nSPS) is 10.4. The third kappa shape index (κ3) is 3.16. The molecule has 0 fully saturated rings. The zero-order valence-electron chi connectivity index (χ0n) is 9.09. The van der Waals surface area contributed by atoms with Gasteiger partial charge in [-0.15, -0.1) is 0 Å². The smallest absolute Gasteiger partial charge is 0.166 e. The zero-order valence-corrected chi connectivity index (χ0v) is 12.2. The fraction of sp³-hybridized carbons (Fsp3) is 0.0769. The first-order chi connectivity index (χ1) is 8.60. The number of hydrogen-bond donors (Lipinski definition) is 0. The highest BCUT2D eigenvalue weighted by atomic mass is 79.9. The molecule has 0 bridgehead atoms. The quantitative estimate of drug-likeness (QED) is 0.634. The van der Waals surface area contributed by atoms with Crippen LogP contribution in [0.15, 0.2) is 36.4 Å². The van der Waals surface area contributed by atoms with Gasteiger partial charge in [0.15, 0.2) is 11.6 Å². The van der Waals surface area contributed by atoms with Gasteiger partial charge in [-0.05, 0) is 29.8 Å². The molecule has 1 nitrogen and oxygen atoms in total. The van der Waals surface area contributed by atoms with Crippen LogP contribution in [-0.4, -0.2) is 0 Å². The molecular weight excluding hydrogens is 342 g/mol. The van der Waals surface area contributed by atoms with Crippen molar-refractivity contribution in [1.29, 1.82) is 0 Å². The predicted molar refractivity (Wildman–Crippen MR) is 75.6 cm³/mol. The van der Waals surface area contributed by atoms with Crippen LogP contribution in [0.5, 0.6) is 11.5 Å². The molecule has 0 saturated heterocycles. The van der Waals surface area contributed by atoms with Crippen molar-refractivity contribution in [3.63, 3.8) is 0 Å². The van der Waals surface area contributed by atoms with E-state index in [2.05, 4.69) is 15.9 Å². The van der Waals surface area contributed by atoms with E-state index in [9.17, 15) is 4.39 Å². The zero-order chi connectivity index (χ0) is 13.1. The SMILES string of the molecule is Fc1cc(CBr)ccc1Oc1cc(Cl)ccc1Cl. The van der Waals surface area contributed by atoms with Crippen LogP contribution in [0, 0.1) is 5.82 Å². The van der Waals surface area contributed by atoms with Gasteiger partial charge in [-0.1, -0.05) is 45.2 Å². The van der Waals surface area contributed by atoms with E-state index in [0.717, 1.165) is 5.56 Å². The minimum atomic E-state index is -0.442. The van der Waals surface area contributed by atoms with Crippen molar-refractivity contribution in [3.8, 4) is 11.5 Å². The fourth-order valence-electron chi connectivity index (χ4n) is 1.38. The first-order valence-corrected chi connectivity index (χ1v) is 6.95. The standard InChI is InChI=1S/C13H8BrCl2FO/c14-7-8-1-4-12(11(17)5-8)18-13-6-9(15)2-3-10(13)16/h1-6H,7H2. The molecule has 0 spiro atoms. The van der Waals surface area contributed by atoms with Crippen LogP contribution in [0.3, 0.4) is 0 Å². The number of ether oxygens (including phenoxy) is 1. The van der Waals surface area contributed by atoms with Crippen molar-refractivity contribution < 1.29 is 9.13 Å². The molecule has 2 aromatic carbocycles. The fourth-order valence-corrected chi connectivity index (χ4v) is 2.05. The summed E-state index contributed by atoms with van der Waals surface area (Å²) in [5.41, 5.74) is 0.831. The highest BCUT2D eigenvalue weighted by molar-refractivity contribution is 9.08. The van der Waals surface area contributed by atoms with Crippen molar-refractivity contribution >= 4 is 39.1 Å². The van der Waals surface area contributed by atoms with E-state index in [-0.39, 0.29) is 5.75 Å². The molecule has 0 aromatic heterocycles. The molecule has 5 heteroatoms. The summed E-state index contributed by atoms with van der Waals surface area (Å²) in [7, 11) is 0. The summed E-state index contributed by atoms with van der Waals surface area (Å²) < 4.78 is 19.1. The van der Waals surface area contributed by atoms with Crippen LogP contribution in [0.1, 0.15) is 5.56 Å². The number of benzene rings is 2. The van der Waals surface area contributed by atoms with Crippen LogP contribution >= 0.6 is 39.1 Å². The Kier molecular flexibility index (Phi) is 4.49. The Labute approximate surface area is 123 Å². The summed E-state index contributed by atoms with van der Waals surface area (Å²) in [6, 6.07) is 9.52. The van der Waals surface area contributed by atoms with Crippen molar-refractivity contribution in [1.82, 2.24) is 0 Å². The summed E-state index contributed by atoms with van der Waals surface area (Å²) in [5, 5.41) is 1.44. The first kappa shape index (κ1) is 13.7. The van der Waals surface area contributed by atoms with Crippen LogP contribution in [0.25, 0.3) is 0 Å². The first-order valence-electron chi connectivity index (χ1n) is 5.07. The Morgan fingerprint density at radius 2 is 1.83 bits per heavy atom. The van der Waals surface area contributed by atoms with Gasteiger partial charge in [0.2, 0.25) is 0 Å². The van der Waals surface area contributed by atoms with Crippen LogP contribution < -0.4 is 4.74 Å². The second-order valence-electron chi connectivity index (χ2n) is 3.58. The van der Waals surface area contributed by atoms with E-state index in [1.165, 1.54) is 6.07 Å². The molecule has 0 aliphatic heterocycles. The van der Waals surface area contributed by atoms with E-state index in [1.807, 2.05) is 0 Å². The third-order valence-electron chi connectivity index (χ3n) is 2.26. The number of rotatable bonds is 3. The molecular formula is C13H8BrCl2FO. The second-order valence-corrected chi connectivity index (χ2v) is 4.98. The maximum absolute atomic E-state index is 13.7. The minimum absolute atomic E-state index is 0.115. The molecule has 0 aliphatic rings. The number of hydrogen-bond acceptors (Lipinski definition) is 1. The molecule has 0 heterocycles. The number of alkyl halides is 1. The van der Waals surface area contributed by atoms with Gasteiger partial charge in [0.25, 0.3) is 0 Å². The van der Waals surface area contributed by atoms with Gasteiger partial charge >= 0.3 is 0 Å². The maximum Gasteiger partial charge on any atom is 0.166 e. The highest BCUT2D eigenvalue weighted by Crippen LogP contribution is 2.33. The Hall–Kier alpha value is -0.770. The van der Waals surface area contributed by atoms with Crippen molar-refractivity contribution in [2.75, 3.05) is 0 Å². The second kappa shape index (κ2) is 5.91. The number of halogens is 4. The van der Waals surface area contributed by atoms with Gasteiger partial charge in [0.1, 0.15) is 5.75 Å². The lowest BCUT2D eigenvalue weighted by Gasteiger charge is -2.09. The highest BCUT2D eigenvalue weighted by Gasteiger charge is 2.09.